The molecule has 1 fully saturated rings. The Kier molecular flexibility index (Phi) is 7.73. The quantitative estimate of drug-likeness (QED) is 0.275. The highest BCUT2D eigenvalue weighted by molar-refractivity contribution is 14.1. The van der Waals surface area contributed by atoms with E-state index in [0.29, 0.717) is 42.2 Å². The number of imide groups is 1. The minimum atomic E-state index is -1.00. The summed E-state index contributed by atoms with van der Waals surface area (Å²) >= 11 is 2.11. The lowest BCUT2D eigenvalue weighted by atomic mass is 10.1. The number of rotatable bonds is 9. The first kappa shape index (κ1) is 23.6. The molecule has 1 saturated heterocycles. The molecule has 0 aromatic heterocycles. The Balaban J connectivity index is 1.85. The molecule has 32 heavy (non-hydrogen) atoms. The number of carboxylic acid groups (broad SMARTS) is 1. The lowest BCUT2D eigenvalue weighted by Gasteiger charge is -2.15. The van der Waals surface area contributed by atoms with Gasteiger partial charge in [0.1, 0.15) is 12.3 Å². The monoisotopic (exact) mass is 550 g/mol. The SMILES string of the molecule is CCCN1C(=O)N/C(=C/c2cc(I)c(OCc3cccc(C(=O)O)c3)c(OCC)c2)C1=O. The molecule has 1 aliphatic rings. The number of carboxylic acids is 1. The zero-order valence-corrected chi connectivity index (χ0v) is 19.8. The van der Waals surface area contributed by atoms with Gasteiger partial charge in [0.2, 0.25) is 0 Å². The van der Waals surface area contributed by atoms with Crippen LogP contribution in [0.2, 0.25) is 0 Å². The van der Waals surface area contributed by atoms with Gasteiger partial charge in [-0.05, 0) is 77.4 Å². The van der Waals surface area contributed by atoms with E-state index in [4.69, 9.17) is 14.6 Å². The summed E-state index contributed by atoms with van der Waals surface area (Å²) in [5.74, 6) is -0.351. The fraction of sp³-hybridized carbons (Fsp3) is 0.261. The van der Waals surface area contributed by atoms with Crippen LogP contribution in [0.4, 0.5) is 4.79 Å². The van der Waals surface area contributed by atoms with Crippen LogP contribution in [0.5, 0.6) is 11.5 Å². The van der Waals surface area contributed by atoms with E-state index >= 15 is 0 Å². The highest BCUT2D eigenvalue weighted by atomic mass is 127. The van der Waals surface area contributed by atoms with Crippen molar-refractivity contribution in [2.24, 2.45) is 0 Å². The number of amides is 3. The van der Waals surface area contributed by atoms with Gasteiger partial charge in [-0.2, -0.15) is 0 Å². The first-order valence-electron chi connectivity index (χ1n) is 10.1. The lowest BCUT2D eigenvalue weighted by Crippen LogP contribution is -2.31. The second-order valence-corrected chi connectivity index (χ2v) is 8.16. The minimum absolute atomic E-state index is 0.165. The van der Waals surface area contributed by atoms with Crippen LogP contribution >= 0.6 is 22.6 Å². The van der Waals surface area contributed by atoms with Gasteiger partial charge in [0.05, 0.1) is 15.7 Å². The molecule has 2 N–H and O–H groups in total. The third-order valence-electron chi connectivity index (χ3n) is 4.61. The molecule has 0 aliphatic carbocycles. The summed E-state index contributed by atoms with van der Waals surface area (Å²) < 4.78 is 12.5. The fourth-order valence-electron chi connectivity index (χ4n) is 3.19. The summed E-state index contributed by atoms with van der Waals surface area (Å²) in [7, 11) is 0. The molecule has 2 aromatic carbocycles. The average Bonchev–Trinajstić information content (AvgIpc) is 3.01. The third kappa shape index (κ3) is 5.39. The number of nitrogens with zero attached hydrogens (tertiary/aromatic N) is 1. The molecule has 168 valence electrons. The molecular formula is C23H23IN2O6. The Bertz CT molecular complexity index is 1080. The Labute approximate surface area is 199 Å². The van der Waals surface area contributed by atoms with Crippen LogP contribution < -0.4 is 14.8 Å². The van der Waals surface area contributed by atoms with E-state index in [1.54, 1.807) is 30.3 Å². The molecule has 0 saturated carbocycles. The highest BCUT2D eigenvalue weighted by Crippen LogP contribution is 2.35. The number of carbonyl (C=O) groups is 3. The van der Waals surface area contributed by atoms with E-state index < -0.39 is 12.0 Å². The van der Waals surface area contributed by atoms with Crippen molar-refractivity contribution >= 4 is 46.6 Å². The fourth-order valence-corrected chi connectivity index (χ4v) is 3.97. The molecule has 1 aliphatic heterocycles. The van der Waals surface area contributed by atoms with Gasteiger partial charge < -0.3 is 19.9 Å². The van der Waals surface area contributed by atoms with E-state index in [-0.39, 0.29) is 23.8 Å². The summed E-state index contributed by atoms with van der Waals surface area (Å²) in [6, 6.07) is 9.67. The van der Waals surface area contributed by atoms with Gasteiger partial charge in [-0.25, -0.2) is 9.59 Å². The van der Waals surface area contributed by atoms with E-state index in [1.165, 1.54) is 11.0 Å². The number of carbonyl (C=O) groups excluding carboxylic acids is 2. The number of ether oxygens (including phenoxy) is 2. The van der Waals surface area contributed by atoms with Gasteiger partial charge in [-0.1, -0.05) is 19.1 Å². The number of nitrogens with one attached hydrogen (secondary N) is 1. The summed E-state index contributed by atoms with van der Waals surface area (Å²) in [5.41, 5.74) is 1.79. The molecule has 3 amide bonds. The first-order valence-corrected chi connectivity index (χ1v) is 11.2. The topological polar surface area (TPSA) is 105 Å². The first-order chi connectivity index (χ1) is 15.3. The second kappa shape index (κ2) is 10.5. The molecular weight excluding hydrogens is 527 g/mol. The maximum absolute atomic E-state index is 12.5. The second-order valence-electron chi connectivity index (χ2n) is 7.00. The number of aromatic carboxylic acids is 1. The van der Waals surface area contributed by atoms with E-state index in [2.05, 4.69) is 27.9 Å². The van der Waals surface area contributed by atoms with E-state index in [0.717, 1.165) is 3.57 Å². The van der Waals surface area contributed by atoms with Gasteiger partial charge in [-0.15, -0.1) is 0 Å². The summed E-state index contributed by atoms with van der Waals surface area (Å²) in [4.78, 5) is 36.9. The molecule has 0 spiro atoms. The maximum Gasteiger partial charge on any atom is 0.335 e. The van der Waals surface area contributed by atoms with Crippen LogP contribution in [-0.4, -0.2) is 41.1 Å². The molecule has 0 unspecified atom stereocenters. The van der Waals surface area contributed by atoms with Crippen molar-refractivity contribution in [1.82, 2.24) is 10.2 Å². The van der Waals surface area contributed by atoms with Gasteiger partial charge in [0.25, 0.3) is 5.91 Å². The number of benzene rings is 2. The van der Waals surface area contributed by atoms with Crippen molar-refractivity contribution in [3.05, 3.63) is 62.4 Å². The molecule has 1 heterocycles. The zero-order valence-electron chi connectivity index (χ0n) is 17.7. The van der Waals surface area contributed by atoms with Gasteiger partial charge in [0.15, 0.2) is 11.5 Å². The smallest absolute Gasteiger partial charge is 0.335 e. The molecule has 8 nitrogen and oxygen atoms in total. The summed E-state index contributed by atoms with van der Waals surface area (Å²) in [5, 5.41) is 11.8. The van der Waals surface area contributed by atoms with E-state index in [1.807, 2.05) is 19.9 Å². The molecule has 9 heteroatoms. The van der Waals surface area contributed by atoms with Crippen LogP contribution in [-0.2, 0) is 11.4 Å². The van der Waals surface area contributed by atoms with Gasteiger partial charge >= 0.3 is 12.0 Å². The third-order valence-corrected chi connectivity index (χ3v) is 5.41. The lowest BCUT2D eigenvalue weighted by molar-refractivity contribution is -0.122. The number of halogens is 1. The zero-order chi connectivity index (χ0) is 23.3. The largest absolute Gasteiger partial charge is 0.490 e. The minimum Gasteiger partial charge on any atom is -0.490 e. The van der Waals surface area contributed by atoms with Crippen LogP contribution in [0.15, 0.2) is 42.1 Å². The van der Waals surface area contributed by atoms with E-state index in [9.17, 15) is 14.4 Å². The highest BCUT2D eigenvalue weighted by Gasteiger charge is 2.32. The molecule has 3 rings (SSSR count). The van der Waals surface area contributed by atoms with Crippen molar-refractivity contribution in [3.8, 4) is 11.5 Å². The predicted molar refractivity (Wildman–Crippen MR) is 127 cm³/mol. The molecule has 0 radical (unpaired) electrons. The Morgan fingerprint density at radius 3 is 2.66 bits per heavy atom. The number of urea groups is 1. The maximum atomic E-state index is 12.5. The predicted octanol–water partition coefficient (Wildman–Crippen LogP) is 4.27. The normalized spacial score (nSPS) is 14.6. The van der Waals surface area contributed by atoms with Crippen LogP contribution in [0, 0.1) is 3.57 Å². The van der Waals surface area contributed by atoms with Gasteiger partial charge in [-0.3, -0.25) is 9.69 Å². The Hall–Kier alpha value is -3.08. The van der Waals surface area contributed by atoms with Crippen molar-refractivity contribution < 1.29 is 29.0 Å². The molecule has 0 atom stereocenters. The summed E-state index contributed by atoms with van der Waals surface area (Å²) in [6.45, 7) is 4.68. The Morgan fingerprint density at radius 2 is 1.97 bits per heavy atom. The van der Waals surface area contributed by atoms with Crippen molar-refractivity contribution in [3.63, 3.8) is 0 Å². The number of hydrogen-bond donors (Lipinski definition) is 2. The van der Waals surface area contributed by atoms with Crippen LogP contribution in [0.1, 0.15) is 41.8 Å². The van der Waals surface area contributed by atoms with Crippen molar-refractivity contribution in [2.75, 3.05) is 13.2 Å². The molecule has 2 aromatic rings. The van der Waals surface area contributed by atoms with Crippen molar-refractivity contribution in [2.45, 2.75) is 26.9 Å². The standard InChI is InChI=1S/C23H23IN2O6/c1-3-8-26-21(27)18(25-23(26)30)11-15-10-17(24)20(19(12-15)31-4-2)32-13-14-6-5-7-16(9-14)22(28)29/h5-7,9-12H,3-4,8,13H2,1-2H3,(H,25,30)(H,28,29)/b18-11+. The molecule has 0 bridgehead atoms. The van der Waals surface area contributed by atoms with Crippen LogP contribution in [0.3, 0.4) is 0 Å². The average molecular weight is 550 g/mol. The Morgan fingerprint density at radius 1 is 1.19 bits per heavy atom. The summed E-state index contributed by atoms with van der Waals surface area (Å²) in [6.07, 6.45) is 2.29. The van der Waals surface area contributed by atoms with Crippen molar-refractivity contribution in [1.29, 1.82) is 0 Å². The van der Waals surface area contributed by atoms with Gasteiger partial charge in [0, 0.05) is 6.54 Å². The van der Waals surface area contributed by atoms with Crippen LogP contribution in [0.25, 0.3) is 6.08 Å². The number of hydrogen-bond acceptors (Lipinski definition) is 5.